The van der Waals surface area contributed by atoms with E-state index in [-0.39, 0.29) is 17.9 Å². The van der Waals surface area contributed by atoms with Crippen LogP contribution < -0.4 is 14.8 Å². The monoisotopic (exact) mass is 484 g/mol. The summed E-state index contributed by atoms with van der Waals surface area (Å²) in [6.45, 7) is 6.61. The van der Waals surface area contributed by atoms with Gasteiger partial charge in [0.2, 0.25) is 5.89 Å². The fourth-order valence-corrected chi connectivity index (χ4v) is 6.94. The molecule has 2 aromatic carbocycles. The van der Waals surface area contributed by atoms with E-state index in [0.29, 0.717) is 31.6 Å². The third-order valence-corrected chi connectivity index (χ3v) is 8.85. The van der Waals surface area contributed by atoms with Crippen LogP contribution in [0.3, 0.4) is 0 Å². The molecule has 180 valence electrons. The van der Waals surface area contributed by atoms with Gasteiger partial charge in [-0.25, -0.2) is 14.2 Å². The van der Waals surface area contributed by atoms with Gasteiger partial charge in [-0.15, -0.1) is 5.10 Å². The number of hydrogen-bond acceptors (Lipinski definition) is 6. The van der Waals surface area contributed by atoms with Crippen molar-refractivity contribution >= 4 is 15.9 Å². The Morgan fingerprint density at radius 1 is 1.09 bits per heavy atom. The number of para-hydroxylation sites is 1. The first-order valence-electron chi connectivity index (χ1n) is 11.4. The Morgan fingerprint density at radius 2 is 1.79 bits per heavy atom. The number of rotatable bonds is 5. The molecule has 9 nitrogen and oxygen atoms in total. The standard InChI is InChI=1S/C24H28N4O5S/c1-15-9-10-20-21(16(15)2)17(3)22(23-25-26-24(29)33-23)28(20)34(30,31)27-13-11-19(12-14-27)32-18-7-5-4-6-8-18/h4-10,17,19,22H,11-14H2,1-3H3,(H,26,29). The van der Waals surface area contributed by atoms with E-state index in [1.54, 1.807) is 0 Å². The number of anilines is 1. The second-order valence-electron chi connectivity index (χ2n) is 8.96. The Balaban J connectivity index is 1.45. The second-order valence-corrected chi connectivity index (χ2v) is 10.8. The number of nitrogens with zero attached hydrogens (tertiary/aromatic N) is 3. The molecule has 2 aliphatic heterocycles. The van der Waals surface area contributed by atoms with E-state index in [4.69, 9.17) is 9.15 Å². The fourth-order valence-electron chi connectivity index (χ4n) is 5.05. The minimum absolute atomic E-state index is 0.0521. The number of aromatic nitrogens is 2. The van der Waals surface area contributed by atoms with E-state index in [1.165, 1.54) is 8.61 Å². The van der Waals surface area contributed by atoms with Gasteiger partial charge in [0.05, 0.1) is 5.69 Å². The SMILES string of the molecule is Cc1ccc2c(c1C)C(C)C(c1n[nH]c(=O)o1)N2S(=O)(=O)N1CCC(Oc2ccccc2)CC1. The van der Waals surface area contributed by atoms with E-state index >= 15 is 0 Å². The highest BCUT2D eigenvalue weighted by molar-refractivity contribution is 7.90. The highest BCUT2D eigenvalue weighted by atomic mass is 32.2. The van der Waals surface area contributed by atoms with Gasteiger partial charge in [0.1, 0.15) is 17.9 Å². The molecule has 1 fully saturated rings. The number of piperidine rings is 1. The van der Waals surface area contributed by atoms with Crippen LogP contribution in [-0.2, 0) is 10.2 Å². The molecule has 5 rings (SSSR count). The lowest BCUT2D eigenvalue weighted by atomic mass is 9.91. The molecule has 0 radical (unpaired) electrons. The maximum Gasteiger partial charge on any atom is 0.434 e. The van der Waals surface area contributed by atoms with E-state index < -0.39 is 22.0 Å². The van der Waals surface area contributed by atoms with E-state index in [1.807, 2.05) is 63.2 Å². The summed E-state index contributed by atoms with van der Waals surface area (Å²) < 4.78 is 42.2. The fraction of sp³-hybridized carbons (Fsp3) is 0.417. The van der Waals surface area contributed by atoms with E-state index in [0.717, 1.165) is 22.4 Å². The van der Waals surface area contributed by atoms with Crippen molar-refractivity contribution in [2.24, 2.45) is 0 Å². The highest BCUT2D eigenvalue weighted by Crippen LogP contribution is 2.52. The first kappa shape index (κ1) is 22.7. The molecule has 2 atom stereocenters. The van der Waals surface area contributed by atoms with E-state index in [2.05, 4.69) is 10.2 Å². The van der Waals surface area contributed by atoms with E-state index in [9.17, 15) is 13.2 Å². The van der Waals surface area contributed by atoms with Crippen molar-refractivity contribution in [3.05, 3.63) is 75.6 Å². The lowest BCUT2D eigenvalue weighted by Crippen LogP contribution is -2.49. The number of benzene rings is 2. The smallest absolute Gasteiger partial charge is 0.434 e. The van der Waals surface area contributed by atoms with Crippen molar-refractivity contribution in [2.75, 3.05) is 17.4 Å². The average Bonchev–Trinajstić information content (AvgIpc) is 3.38. The lowest BCUT2D eigenvalue weighted by Gasteiger charge is -2.36. The maximum atomic E-state index is 14.0. The highest BCUT2D eigenvalue weighted by Gasteiger charge is 2.49. The first-order chi connectivity index (χ1) is 16.3. The minimum atomic E-state index is -3.93. The van der Waals surface area contributed by atoms with Crippen LogP contribution in [0.1, 0.15) is 54.3 Å². The molecule has 2 unspecified atom stereocenters. The summed E-state index contributed by atoms with van der Waals surface area (Å²) in [4.78, 5) is 11.7. The quantitative estimate of drug-likeness (QED) is 0.594. The second kappa shape index (κ2) is 8.59. The van der Waals surface area contributed by atoms with Crippen LogP contribution in [0.25, 0.3) is 0 Å². The van der Waals surface area contributed by atoms with Crippen LogP contribution in [0, 0.1) is 13.8 Å². The zero-order chi connectivity index (χ0) is 24.0. The molecule has 1 N–H and O–H groups in total. The Hall–Kier alpha value is -3.11. The molecule has 10 heteroatoms. The van der Waals surface area contributed by atoms with Crippen LogP contribution in [-0.4, -0.2) is 42.1 Å². The molecule has 2 aliphatic rings. The van der Waals surface area contributed by atoms with Gasteiger partial charge >= 0.3 is 16.0 Å². The summed E-state index contributed by atoms with van der Waals surface area (Å²) in [6, 6.07) is 12.6. The van der Waals surface area contributed by atoms with Gasteiger partial charge in [0, 0.05) is 19.0 Å². The number of H-pyrrole nitrogens is 1. The van der Waals surface area contributed by atoms with Crippen molar-refractivity contribution in [1.82, 2.24) is 14.5 Å². The predicted octanol–water partition coefficient (Wildman–Crippen LogP) is 3.43. The molecule has 0 amide bonds. The van der Waals surface area contributed by atoms with Crippen molar-refractivity contribution in [3.63, 3.8) is 0 Å². The summed E-state index contributed by atoms with van der Waals surface area (Å²) >= 11 is 0. The molecule has 3 heterocycles. The molecule has 1 saturated heterocycles. The summed E-state index contributed by atoms with van der Waals surface area (Å²) in [7, 11) is -3.93. The van der Waals surface area contributed by atoms with Gasteiger partial charge in [0.25, 0.3) is 0 Å². The molecule has 3 aromatic rings. The van der Waals surface area contributed by atoms with Gasteiger partial charge < -0.3 is 9.15 Å². The summed E-state index contributed by atoms with van der Waals surface area (Å²) in [5, 5.41) is 6.28. The largest absolute Gasteiger partial charge is 0.490 e. The van der Waals surface area contributed by atoms with Crippen molar-refractivity contribution in [1.29, 1.82) is 0 Å². The van der Waals surface area contributed by atoms with Gasteiger partial charge in [-0.05, 0) is 61.6 Å². The van der Waals surface area contributed by atoms with Crippen molar-refractivity contribution < 1.29 is 17.6 Å². The number of fused-ring (bicyclic) bond motifs is 1. The Bertz CT molecular complexity index is 1340. The number of aromatic amines is 1. The van der Waals surface area contributed by atoms with Gasteiger partial charge in [-0.2, -0.15) is 12.7 Å². The third kappa shape index (κ3) is 3.80. The van der Waals surface area contributed by atoms with Gasteiger partial charge in [-0.3, -0.25) is 0 Å². The average molecular weight is 485 g/mol. The van der Waals surface area contributed by atoms with Crippen molar-refractivity contribution in [3.8, 4) is 5.75 Å². The number of aryl methyl sites for hydroxylation is 1. The predicted molar refractivity (Wildman–Crippen MR) is 127 cm³/mol. The third-order valence-electron chi connectivity index (χ3n) is 6.91. The van der Waals surface area contributed by atoms with Crippen LogP contribution >= 0.6 is 0 Å². The van der Waals surface area contributed by atoms with Gasteiger partial charge in [0.15, 0.2) is 0 Å². The Labute approximate surface area is 198 Å². The molecule has 34 heavy (non-hydrogen) atoms. The Morgan fingerprint density at radius 3 is 2.44 bits per heavy atom. The number of ether oxygens (including phenoxy) is 1. The molecular formula is C24H28N4O5S. The zero-order valence-electron chi connectivity index (χ0n) is 19.4. The minimum Gasteiger partial charge on any atom is -0.490 e. The van der Waals surface area contributed by atoms with Gasteiger partial charge in [-0.1, -0.05) is 31.2 Å². The normalized spacial score (nSPS) is 21.6. The Kier molecular flexibility index (Phi) is 5.73. The van der Waals surface area contributed by atoms with Crippen LogP contribution in [0.5, 0.6) is 5.75 Å². The first-order valence-corrected chi connectivity index (χ1v) is 12.8. The lowest BCUT2D eigenvalue weighted by molar-refractivity contribution is 0.135. The summed E-state index contributed by atoms with van der Waals surface area (Å²) in [5.41, 5.74) is 3.64. The molecule has 0 spiro atoms. The van der Waals surface area contributed by atoms with Crippen LogP contribution in [0.2, 0.25) is 0 Å². The molecule has 0 saturated carbocycles. The van der Waals surface area contributed by atoms with Crippen LogP contribution in [0.4, 0.5) is 5.69 Å². The number of nitrogens with one attached hydrogen (secondary N) is 1. The molecular weight excluding hydrogens is 456 g/mol. The van der Waals surface area contributed by atoms with Crippen molar-refractivity contribution in [2.45, 2.75) is 51.7 Å². The summed E-state index contributed by atoms with van der Waals surface area (Å²) in [6.07, 6.45) is 1.11. The molecule has 0 aliphatic carbocycles. The molecule has 1 aromatic heterocycles. The number of hydrogen-bond donors (Lipinski definition) is 1. The van der Waals surface area contributed by atoms with Crippen LogP contribution in [0.15, 0.2) is 51.7 Å². The summed E-state index contributed by atoms with van der Waals surface area (Å²) in [5.74, 6) is -0.0976. The zero-order valence-corrected chi connectivity index (χ0v) is 20.2. The molecule has 0 bridgehead atoms. The maximum absolute atomic E-state index is 14.0. The topological polar surface area (TPSA) is 109 Å².